The molecule has 0 fully saturated rings. The Morgan fingerprint density at radius 1 is 1.37 bits per heavy atom. The fraction of sp³-hybridized carbons (Fsp3) is 0.333. The van der Waals surface area contributed by atoms with Crippen LogP contribution in [0, 0.1) is 0 Å². The highest BCUT2D eigenvalue weighted by molar-refractivity contribution is 5.88. The van der Waals surface area contributed by atoms with E-state index in [1.54, 1.807) is 19.4 Å². The Balaban J connectivity index is 2.22. The SMILES string of the molecule is CCCn1ccnc1-c1nc(NC)nc2[nH]ncc12. The van der Waals surface area contributed by atoms with Crippen molar-refractivity contribution in [2.24, 2.45) is 0 Å². The Hall–Kier alpha value is -2.44. The minimum Gasteiger partial charge on any atom is -0.357 e. The molecule has 0 unspecified atom stereocenters. The molecule has 3 aromatic heterocycles. The van der Waals surface area contributed by atoms with E-state index in [0.717, 1.165) is 29.9 Å². The number of anilines is 1. The van der Waals surface area contributed by atoms with E-state index in [1.165, 1.54) is 0 Å². The molecule has 0 aliphatic heterocycles. The molecule has 0 bridgehead atoms. The zero-order valence-electron chi connectivity index (χ0n) is 10.9. The molecule has 0 amide bonds. The maximum atomic E-state index is 4.51. The van der Waals surface area contributed by atoms with Gasteiger partial charge in [0.1, 0.15) is 5.69 Å². The quantitative estimate of drug-likeness (QED) is 0.742. The van der Waals surface area contributed by atoms with Crippen LogP contribution in [-0.4, -0.2) is 36.8 Å². The molecular weight excluding hydrogens is 242 g/mol. The number of H-pyrrole nitrogens is 1. The molecule has 7 heteroatoms. The van der Waals surface area contributed by atoms with Crippen LogP contribution in [0.15, 0.2) is 18.6 Å². The first kappa shape index (κ1) is 11.6. The van der Waals surface area contributed by atoms with Gasteiger partial charge in [-0.3, -0.25) is 5.10 Å². The van der Waals surface area contributed by atoms with Crippen LogP contribution < -0.4 is 5.32 Å². The largest absolute Gasteiger partial charge is 0.357 e. The zero-order valence-corrected chi connectivity index (χ0v) is 10.9. The van der Waals surface area contributed by atoms with Crippen LogP contribution in [-0.2, 0) is 6.54 Å². The molecule has 0 aliphatic rings. The summed E-state index contributed by atoms with van der Waals surface area (Å²) in [6.07, 6.45) is 6.53. The first-order chi connectivity index (χ1) is 9.33. The van der Waals surface area contributed by atoms with Crippen LogP contribution in [0.5, 0.6) is 0 Å². The fourth-order valence-corrected chi connectivity index (χ4v) is 2.06. The molecule has 98 valence electrons. The smallest absolute Gasteiger partial charge is 0.225 e. The number of nitrogens with one attached hydrogen (secondary N) is 2. The van der Waals surface area contributed by atoms with E-state index < -0.39 is 0 Å². The van der Waals surface area contributed by atoms with Gasteiger partial charge in [-0.25, -0.2) is 9.97 Å². The van der Waals surface area contributed by atoms with E-state index >= 15 is 0 Å². The van der Waals surface area contributed by atoms with Crippen molar-refractivity contribution in [3.8, 4) is 11.5 Å². The Morgan fingerprint density at radius 3 is 3.05 bits per heavy atom. The number of aromatic nitrogens is 6. The van der Waals surface area contributed by atoms with Crippen LogP contribution >= 0.6 is 0 Å². The van der Waals surface area contributed by atoms with Crippen molar-refractivity contribution < 1.29 is 0 Å². The molecule has 0 saturated heterocycles. The molecule has 3 aromatic rings. The zero-order chi connectivity index (χ0) is 13.2. The second kappa shape index (κ2) is 4.68. The Kier molecular flexibility index (Phi) is 2.86. The molecule has 3 rings (SSSR count). The van der Waals surface area contributed by atoms with Crippen molar-refractivity contribution in [2.45, 2.75) is 19.9 Å². The summed E-state index contributed by atoms with van der Waals surface area (Å²) >= 11 is 0. The predicted molar refractivity (Wildman–Crippen MR) is 72.7 cm³/mol. The van der Waals surface area contributed by atoms with Crippen LogP contribution in [0.4, 0.5) is 5.95 Å². The molecule has 3 heterocycles. The van der Waals surface area contributed by atoms with E-state index in [-0.39, 0.29) is 0 Å². The van der Waals surface area contributed by atoms with Gasteiger partial charge in [-0.15, -0.1) is 0 Å². The first-order valence-electron chi connectivity index (χ1n) is 6.24. The van der Waals surface area contributed by atoms with Gasteiger partial charge in [-0.1, -0.05) is 6.92 Å². The molecular formula is C12H15N7. The lowest BCUT2D eigenvalue weighted by Gasteiger charge is -2.07. The number of nitrogens with zero attached hydrogens (tertiary/aromatic N) is 5. The van der Waals surface area contributed by atoms with Gasteiger partial charge < -0.3 is 9.88 Å². The minimum atomic E-state index is 0.554. The van der Waals surface area contributed by atoms with Crippen molar-refractivity contribution >= 4 is 17.0 Å². The predicted octanol–water partition coefficient (Wildman–Crippen LogP) is 1.67. The third-order valence-electron chi connectivity index (χ3n) is 2.93. The second-order valence-corrected chi connectivity index (χ2v) is 4.22. The van der Waals surface area contributed by atoms with Gasteiger partial charge >= 0.3 is 0 Å². The van der Waals surface area contributed by atoms with Gasteiger partial charge in [0, 0.05) is 26.0 Å². The van der Waals surface area contributed by atoms with Crippen LogP contribution in [0.2, 0.25) is 0 Å². The molecule has 0 aromatic carbocycles. The van der Waals surface area contributed by atoms with E-state index in [9.17, 15) is 0 Å². The molecule has 7 nitrogen and oxygen atoms in total. The molecule has 0 spiro atoms. The van der Waals surface area contributed by atoms with Crippen molar-refractivity contribution in [3.05, 3.63) is 18.6 Å². The summed E-state index contributed by atoms with van der Waals surface area (Å²) in [5.74, 6) is 1.39. The lowest BCUT2D eigenvalue weighted by molar-refractivity contribution is 0.684. The second-order valence-electron chi connectivity index (χ2n) is 4.22. The van der Waals surface area contributed by atoms with Crippen LogP contribution in [0.1, 0.15) is 13.3 Å². The summed E-state index contributed by atoms with van der Waals surface area (Å²) < 4.78 is 2.09. The average Bonchev–Trinajstić information content (AvgIpc) is 3.06. The maximum absolute atomic E-state index is 4.51. The highest BCUT2D eigenvalue weighted by Gasteiger charge is 2.15. The topological polar surface area (TPSA) is 84.3 Å². The summed E-state index contributed by atoms with van der Waals surface area (Å²) in [5.41, 5.74) is 1.50. The van der Waals surface area contributed by atoms with Gasteiger partial charge in [-0.05, 0) is 6.42 Å². The lowest BCUT2D eigenvalue weighted by Crippen LogP contribution is -2.03. The number of hydrogen-bond acceptors (Lipinski definition) is 5. The van der Waals surface area contributed by atoms with Gasteiger partial charge in [0.15, 0.2) is 11.5 Å². The summed E-state index contributed by atoms with van der Waals surface area (Å²) in [6, 6.07) is 0. The third kappa shape index (κ3) is 1.92. The van der Waals surface area contributed by atoms with E-state index in [4.69, 9.17) is 0 Å². The number of imidazole rings is 1. The highest BCUT2D eigenvalue weighted by atomic mass is 15.2. The third-order valence-corrected chi connectivity index (χ3v) is 2.93. The number of aryl methyl sites for hydroxylation is 1. The first-order valence-corrected chi connectivity index (χ1v) is 6.24. The van der Waals surface area contributed by atoms with Crippen LogP contribution in [0.25, 0.3) is 22.6 Å². The molecule has 0 atom stereocenters. The van der Waals surface area contributed by atoms with Crippen LogP contribution in [0.3, 0.4) is 0 Å². The maximum Gasteiger partial charge on any atom is 0.225 e. The van der Waals surface area contributed by atoms with Gasteiger partial charge in [0.25, 0.3) is 0 Å². The highest BCUT2D eigenvalue weighted by Crippen LogP contribution is 2.24. The Bertz CT molecular complexity index is 697. The number of fused-ring (bicyclic) bond motifs is 1. The number of aromatic amines is 1. The van der Waals surface area contributed by atoms with E-state index in [0.29, 0.717) is 11.6 Å². The summed E-state index contributed by atoms with van der Waals surface area (Å²) in [7, 11) is 1.79. The van der Waals surface area contributed by atoms with Crippen molar-refractivity contribution in [2.75, 3.05) is 12.4 Å². The lowest BCUT2D eigenvalue weighted by atomic mass is 10.2. The van der Waals surface area contributed by atoms with Gasteiger partial charge in [0.2, 0.25) is 5.95 Å². The molecule has 2 N–H and O–H groups in total. The summed E-state index contributed by atoms with van der Waals surface area (Å²) in [6.45, 7) is 3.05. The monoisotopic (exact) mass is 257 g/mol. The standard InChI is InChI=1S/C12H15N7/c1-3-5-19-6-4-14-11(19)9-8-7-15-18-10(8)17-12(13-2)16-9/h4,6-7H,3,5H2,1-2H3,(H2,13,15,16,17,18). The minimum absolute atomic E-state index is 0.554. The Morgan fingerprint density at radius 2 is 2.26 bits per heavy atom. The average molecular weight is 257 g/mol. The van der Waals surface area contributed by atoms with Gasteiger partial charge in [0.05, 0.1) is 11.6 Å². The van der Waals surface area contributed by atoms with E-state index in [2.05, 4.69) is 42.0 Å². The van der Waals surface area contributed by atoms with Crippen molar-refractivity contribution in [1.82, 2.24) is 29.7 Å². The molecule has 0 aliphatic carbocycles. The Labute approximate surface area is 110 Å². The number of rotatable bonds is 4. The number of hydrogen-bond donors (Lipinski definition) is 2. The summed E-state index contributed by atoms with van der Waals surface area (Å²) in [4.78, 5) is 13.2. The van der Waals surface area contributed by atoms with E-state index in [1.807, 2.05) is 6.20 Å². The molecule has 19 heavy (non-hydrogen) atoms. The normalized spacial score (nSPS) is 11.1. The fourth-order valence-electron chi connectivity index (χ4n) is 2.06. The molecule has 0 radical (unpaired) electrons. The van der Waals surface area contributed by atoms with Crippen molar-refractivity contribution in [3.63, 3.8) is 0 Å². The summed E-state index contributed by atoms with van der Waals surface area (Å²) in [5, 5.41) is 10.7. The van der Waals surface area contributed by atoms with Gasteiger partial charge in [-0.2, -0.15) is 10.1 Å². The van der Waals surface area contributed by atoms with Crippen molar-refractivity contribution in [1.29, 1.82) is 0 Å². The molecule has 0 saturated carbocycles.